The maximum Gasteiger partial charge on any atom is 0.254 e. The maximum absolute atomic E-state index is 13.3. The van der Waals surface area contributed by atoms with Crippen molar-refractivity contribution in [2.75, 3.05) is 12.8 Å². The van der Waals surface area contributed by atoms with Gasteiger partial charge in [0.05, 0.1) is 44.4 Å². The van der Waals surface area contributed by atoms with E-state index in [0.29, 0.717) is 11.4 Å². The smallest absolute Gasteiger partial charge is 0.254 e. The molecule has 2 N–H and O–H groups in total. The predicted octanol–water partition coefficient (Wildman–Crippen LogP) is 4.15. The Morgan fingerprint density at radius 1 is 1.17 bits per heavy atom. The standard InChI is InChI=1S/C22H20N6OS/c1-12(13-5-7-19-18(9-13)24-11-30-19)27(2)22(29)14-4-6-17-15(8-14)20-16(21(23)26-17)10-25-28(20)3/h4-12H,1-3H3,(H2,23,26). The van der Waals surface area contributed by atoms with Crippen LogP contribution in [0.3, 0.4) is 0 Å². The van der Waals surface area contributed by atoms with Gasteiger partial charge in [0.25, 0.3) is 5.91 Å². The summed E-state index contributed by atoms with van der Waals surface area (Å²) in [6.45, 7) is 2.02. The Labute approximate surface area is 176 Å². The van der Waals surface area contributed by atoms with Crippen LogP contribution in [0.1, 0.15) is 28.9 Å². The fraction of sp³-hybridized carbons (Fsp3) is 0.182. The van der Waals surface area contributed by atoms with Crippen LogP contribution in [-0.4, -0.2) is 37.6 Å². The summed E-state index contributed by atoms with van der Waals surface area (Å²) >= 11 is 1.61. The molecule has 0 saturated carbocycles. The van der Waals surface area contributed by atoms with Crippen molar-refractivity contribution in [1.82, 2.24) is 24.6 Å². The zero-order valence-corrected chi connectivity index (χ0v) is 17.6. The summed E-state index contributed by atoms with van der Waals surface area (Å²) < 4.78 is 2.90. The number of hydrogen-bond acceptors (Lipinski definition) is 6. The van der Waals surface area contributed by atoms with Gasteiger partial charge in [0.15, 0.2) is 0 Å². The van der Waals surface area contributed by atoms with E-state index in [4.69, 9.17) is 5.73 Å². The lowest BCUT2D eigenvalue weighted by Crippen LogP contribution is -2.29. The third-order valence-corrected chi connectivity index (χ3v) is 6.50. The van der Waals surface area contributed by atoms with E-state index in [1.54, 1.807) is 33.2 Å². The Morgan fingerprint density at radius 2 is 2.00 bits per heavy atom. The topological polar surface area (TPSA) is 89.9 Å². The predicted molar refractivity (Wildman–Crippen MR) is 121 cm³/mol. The van der Waals surface area contributed by atoms with Crippen molar-refractivity contribution >= 4 is 55.1 Å². The van der Waals surface area contributed by atoms with Crippen molar-refractivity contribution in [1.29, 1.82) is 0 Å². The SMILES string of the molecule is CC(c1ccc2scnc2c1)N(C)C(=O)c1ccc2nc(N)c3cnn(C)c3c2c1. The number of amides is 1. The van der Waals surface area contributed by atoms with Gasteiger partial charge < -0.3 is 10.6 Å². The maximum atomic E-state index is 13.3. The van der Waals surface area contributed by atoms with Gasteiger partial charge in [-0.25, -0.2) is 9.97 Å². The normalized spacial score (nSPS) is 12.6. The van der Waals surface area contributed by atoms with Gasteiger partial charge in [0, 0.05) is 25.0 Å². The quantitative estimate of drug-likeness (QED) is 0.477. The van der Waals surface area contributed by atoms with Crippen molar-refractivity contribution in [2.45, 2.75) is 13.0 Å². The van der Waals surface area contributed by atoms with Crippen LogP contribution in [0.15, 0.2) is 48.1 Å². The number of aryl methyl sites for hydroxylation is 1. The number of benzene rings is 2. The molecule has 0 spiro atoms. The van der Waals surface area contributed by atoms with Gasteiger partial charge >= 0.3 is 0 Å². The summed E-state index contributed by atoms with van der Waals surface area (Å²) in [6, 6.07) is 11.6. The van der Waals surface area contributed by atoms with Gasteiger partial charge in [-0.05, 0) is 42.8 Å². The van der Waals surface area contributed by atoms with Crippen LogP contribution in [0, 0.1) is 0 Å². The van der Waals surface area contributed by atoms with Crippen molar-refractivity contribution in [3.63, 3.8) is 0 Å². The molecule has 2 aromatic carbocycles. The number of rotatable bonds is 3. The molecule has 0 radical (unpaired) electrons. The molecule has 1 amide bonds. The number of nitrogens with zero attached hydrogens (tertiary/aromatic N) is 5. The Morgan fingerprint density at radius 3 is 2.83 bits per heavy atom. The Balaban J connectivity index is 1.53. The number of carbonyl (C=O) groups excluding carboxylic acids is 1. The average molecular weight is 417 g/mol. The molecular formula is C22H20N6OS. The van der Waals surface area contributed by atoms with E-state index < -0.39 is 0 Å². The van der Waals surface area contributed by atoms with E-state index in [2.05, 4.69) is 27.2 Å². The van der Waals surface area contributed by atoms with E-state index in [-0.39, 0.29) is 11.9 Å². The number of nitrogen functional groups attached to an aromatic ring is 1. The number of pyridine rings is 1. The largest absolute Gasteiger partial charge is 0.383 e. The molecule has 0 fully saturated rings. The van der Waals surface area contributed by atoms with Gasteiger partial charge in [0.2, 0.25) is 0 Å². The molecule has 5 aromatic rings. The zero-order chi connectivity index (χ0) is 21.0. The molecule has 7 nitrogen and oxygen atoms in total. The number of thiazole rings is 1. The highest BCUT2D eigenvalue weighted by Gasteiger charge is 2.21. The number of anilines is 1. The summed E-state index contributed by atoms with van der Waals surface area (Å²) in [4.78, 5) is 23.9. The van der Waals surface area contributed by atoms with E-state index in [1.165, 1.54) is 0 Å². The lowest BCUT2D eigenvalue weighted by atomic mass is 10.0. The second-order valence-corrected chi connectivity index (χ2v) is 8.32. The molecule has 0 aliphatic heterocycles. The minimum Gasteiger partial charge on any atom is -0.383 e. The molecule has 30 heavy (non-hydrogen) atoms. The minimum atomic E-state index is -0.0967. The van der Waals surface area contributed by atoms with E-state index in [9.17, 15) is 4.79 Å². The molecular weight excluding hydrogens is 396 g/mol. The van der Waals surface area contributed by atoms with Crippen LogP contribution < -0.4 is 5.73 Å². The lowest BCUT2D eigenvalue weighted by molar-refractivity contribution is 0.0743. The number of nitrogens with two attached hydrogens (primary N) is 1. The van der Waals surface area contributed by atoms with Crippen molar-refractivity contribution in [2.24, 2.45) is 7.05 Å². The van der Waals surface area contributed by atoms with Crippen LogP contribution in [-0.2, 0) is 7.05 Å². The highest BCUT2D eigenvalue weighted by molar-refractivity contribution is 7.16. The number of fused-ring (bicyclic) bond motifs is 4. The molecule has 8 heteroatoms. The summed E-state index contributed by atoms with van der Waals surface area (Å²) in [5.41, 5.74) is 12.1. The third-order valence-electron chi connectivity index (χ3n) is 5.69. The molecule has 0 bridgehead atoms. The van der Waals surface area contributed by atoms with Crippen LogP contribution in [0.5, 0.6) is 0 Å². The first kappa shape index (κ1) is 18.5. The first-order valence-corrected chi connectivity index (χ1v) is 10.4. The molecule has 1 atom stereocenters. The van der Waals surface area contributed by atoms with Gasteiger partial charge in [-0.15, -0.1) is 11.3 Å². The van der Waals surface area contributed by atoms with Gasteiger partial charge in [-0.2, -0.15) is 5.10 Å². The van der Waals surface area contributed by atoms with E-state index in [0.717, 1.165) is 37.6 Å². The van der Waals surface area contributed by atoms with Crippen LogP contribution in [0.4, 0.5) is 5.82 Å². The number of aromatic nitrogens is 4. The minimum absolute atomic E-state index is 0.0603. The van der Waals surface area contributed by atoms with Crippen LogP contribution in [0.25, 0.3) is 32.0 Å². The summed E-state index contributed by atoms with van der Waals surface area (Å²) in [6.07, 6.45) is 1.70. The first-order chi connectivity index (χ1) is 14.4. The van der Waals surface area contributed by atoms with Crippen molar-refractivity contribution in [3.05, 3.63) is 59.2 Å². The van der Waals surface area contributed by atoms with Crippen molar-refractivity contribution < 1.29 is 4.79 Å². The van der Waals surface area contributed by atoms with E-state index >= 15 is 0 Å². The molecule has 5 rings (SSSR count). The number of carbonyl (C=O) groups is 1. The lowest BCUT2D eigenvalue weighted by Gasteiger charge is -2.25. The Kier molecular flexibility index (Phi) is 4.18. The fourth-order valence-corrected chi connectivity index (χ4v) is 4.49. The molecule has 0 saturated heterocycles. The van der Waals surface area contributed by atoms with Crippen LogP contribution in [0.2, 0.25) is 0 Å². The highest BCUT2D eigenvalue weighted by Crippen LogP contribution is 2.30. The second-order valence-electron chi connectivity index (χ2n) is 7.43. The Bertz CT molecular complexity index is 1440. The summed E-state index contributed by atoms with van der Waals surface area (Å²) in [5.74, 6) is 0.378. The highest BCUT2D eigenvalue weighted by atomic mass is 32.1. The Hall–Kier alpha value is -3.52. The number of hydrogen-bond donors (Lipinski definition) is 1. The fourth-order valence-electron chi connectivity index (χ4n) is 3.83. The third kappa shape index (κ3) is 2.80. The first-order valence-electron chi connectivity index (χ1n) is 9.55. The van der Waals surface area contributed by atoms with E-state index in [1.807, 2.05) is 44.7 Å². The molecule has 0 aliphatic carbocycles. The zero-order valence-electron chi connectivity index (χ0n) is 16.8. The molecule has 3 heterocycles. The molecule has 0 aliphatic rings. The molecule has 1 unspecified atom stereocenters. The van der Waals surface area contributed by atoms with Crippen molar-refractivity contribution in [3.8, 4) is 0 Å². The molecule has 150 valence electrons. The monoisotopic (exact) mass is 416 g/mol. The molecule has 3 aromatic heterocycles. The van der Waals surface area contributed by atoms with Gasteiger partial charge in [-0.3, -0.25) is 9.48 Å². The van der Waals surface area contributed by atoms with Crippen LogP contribution >= 0.6 is 11.3 Å². The summed E-state index contributed by atoms with van der Waals surface area (Å²) in [5, 5.41) is 5.94. The second kappa shape index (κ2) is 6.77. The van der Waals surface area contributed by atoms with Gasteiger partial charge in [0.1, 0.15) is 5.82 Å². The summed E-state index contributed by atoms with van der Waals surface area (Å²) in [7, 11) is 3.68. The average Bonchev–Trinajstić information content (AvgIpc) is 3.38. The van der Waals surface area contributed by atoms with Gasteiger partial charge in [-0.1, -0.05) is 6.07 Å².